The molecular formula is C28H28N2O4. The number of carbonyl (C=O) groups is 2. The number of carboxylic acids is 1. The predicted molar refractivity (Wildman–Crippen MR) is 131 cm³/mol. The Labute approximate surface area is 199 Å². The number of para-hydroxylation sites is 1. The van der Waals surface area contributed by atoms with Crippen molar-refractivity contribution in [2.24, 2.45) is 5.73 Å². The largest absolute Gasteiger partial charge is 0.480 e. The van der Waals surface area contributed by atoms with Gasteiger partial charge in [0, 0.05) is 24.6 Å². The van der Waals surface area contributed by atoms with E-state index in [4.69, 9.17) is 10.5 Å². The highest BCUT2D eigenvalue weighted by molar-refractivity contribution is 5.86. The summed E-state index contributed by atoms with van der Waals surface area (Å²) in [6.45, 7) is 2.53. The van der Waals surface area contributed by atoms with Crippen molar-refractivity contribution < 1.29 is 19.4 Å². The van der Waals surface area contributed by atoms with Gasteiger partial charge in [-0.2, -0.15) is 0 Å². The molecule has 1 fully saturated rings. The third kappa shape index (κ3) is 3.74. The van der Waals surface area contributed by atoms with E-state index in [-0.39, 0.29) is 25.4 Å². The molecule has 2 aliphatic rings. The van der Waals surface area contributed by atoms with E-state index in [2.05, 4.69) is 24.3 Å². The molecule has 0 saturated carbocycles. The quantitative estimate of drug-likeness (QED) is 0.562. The Balaban J connectivity index is 1.42. The van der Waals surface area contributed by atoms with Crippen LogP contribution < -0.4 is 10.6 Å². The number of hydrogen-bond donors (Lipinski definition) is 2. The minimum Gasteiger partial charge on any atom is -0.480 e. The smallest absolute Gasteiger partial charge is 0.328 e. The van der Waals surface area contributed by atoms with Gasteiger partial charge in [0.15, 0.2) is 0 Å². The SMILES string of the molecule is Cc1ccccc1N1CCC(N)(C(=O)O)CC1C(=O)OCC1c2ccccc2-c2ccccc21. The van der Waals surface area contributed by atoms with Crippen LogP contribution in [0.1, 0.15) is 35.4 Å². The number of anilines is 1. The zero-order valence-electron chi connectivity index (χ0n) is 19.1. The van der Waals surface area contributed by atoms with E-state index in [9.17, 15) is 14.7 Å². The maximum Gasteiger partial charge on any atom is 0.328 e. The standard InChI is InChI=1S/C28H28N2O4/c1-18-8-2-7-13-24(18)30-15-14-28(29,27(32)33)16-25(30)26(31)34-17-23-21-11-5-3-9-19(21)20-10-4-6-12-22(20)23/h2-13,23,25H,14-17,29H2,1H3,(H,32,33). The van der Waals surface area contributed by atoms with E-state index >= 15 is 0 Å². The predicted octanol–water partition coefficient (Wildman–Crippen LogP) is 4.10. The van der Waals surface area contributed by atoms with Crippen LogP contribution in [-0.2, 0) is 14.3 Å². The maximum absolute atomic E-state index is 13.5. The fourth-order valence-electron chi connectivity index (χ4n) is 5.31. The molecule has 0 bridgehead atoms. The lowest BCUT2D eigenvalue weighted by Gasteiger charge is -2.43. The van der Waals surface area contributed by atoms with Crippen LogP contribution in [0.3, 0.4) is 0 Å². The van der Waals surface area contributed by atoms with Crippen molar-refractivity contribution in [2.45, 2.75) is 37.3 Å². The third-order valence-corrected chi connectivity index (χ3v) is 7.21. The third-order valence-electron chi connectivity index (χ3n) is 7.21. The van der Waals surface area contributed by atoms with Crippen molar-refractivity contribution in [3.8, 4) is 11.1 Å². The first-order chi connectivity index (χ1) is 16.4. The molecule has 0 radical (unpaired) electrons. The summed E-state index contributed by atoms with van der Waals surface area (Å²) in [7, 11) is 0. The number of carbonyl (C=O) groups excluding carboxylic acids is 1. The molecule has 3 aromatic carbocycles. The summed E-state index contributed by atoms with van der Waals surface area (Å²) >= 11 is 0. The zero-order chi connectivity index (χ0) is 23.9. The van der Waals surface area contributed by atoms with Crippen LogP contribution in [0.15, 0.2) is 72.8 Å². The maximum atomic E-state index is 13.5. The Bertz CT molecular complexity index is 1210. The van der Waals surface area contributed by atoms with Gasteiger partial charge < -0.3 is 20.5 Å². The number of fused-ring (bicyclic) bond motifs is 3. The summed E-state index contributed by atoms with van der Waals surface area (Å²) in [6.07, 6.45) is 0.247. The van der Waals surface area contributed by atoms with Gasteiger partial charge in [0.1, 0.15) is 18.2 Å². The average molecular weight is 457 g/mol. The van der Waals surface area contributed by atoms with Gasteiger partial charge in [-0.3, -0.25) is 4.79 Å². The lowest BCUT2D eigenvalue weighted by atomic mass is 9.83. The first kappa shape index (κ1) is 22.2. The molecule has 174 valence electrons. The molecule has 0 amide bonds. The molecule has 1 aliphatic heterocycles. The molecule has 1 heterocycles. The molecule has 0 spiro atoms. The molecule has 1 saturated heterocycles. The van der Waals surface area contributed by atoms with Crippen molar-refractivity contribution in [1.29, 1.82) is 0 Å². The molecule has 6 nitrogen and oxygen atoms in total. The number of piperidine rings is 1. The van der Waals surface area contributed by atoms with E-state index in [1.165, 1.54) is 0 Å². The summed E-state index contributed by atoms with van der Waals surface area (Å²) in [5.41, 5.74) is 11.2. The second-order valence-electron chi connectivity index (χ2n) is 9.27. The highest BCUT2D eigenvalue weighted by Gasteiger charge is 2.46. The Morgan fingerprint density at radius 2 is 1.59 bits per heavy atom. The highest BCUT2D eigenvalue weighted by Crippen LogP contribution is 2.44. The van der Waals surface area contributed by atoms with Crippen LogP contribution in [-0.4, -0.2) is 41.8 Å². The van der Waals surface area contributed by atoms with Crippen molar-refractivity contribution in [1.82, 2.24) is 0 Å². The van der Waals surface area contributed by atoms with Crippen LogP contribution in [0.5, 0.6) is 0 Å². The van der Waals surface area contributed by atoms with Gasteiger partial charge in [-0.1, -0.05) is 66.7 Å². The van der Waals surface area contributed by atoms with E-state index in [0.717, 1.165) is 33.5 Å². The normalized spacial score (nSPS) is 21.6. The average Bonchev–Trinajstić information content (AvgIpc) is 3.17. The van der Waals surface area contributed by atoms with E-state index in [1.54, 1.807) is 0 Å². The van der Waals surface area contributed by atoms with Crippen molar-refractivity contribution in [3.63, 3.8) is 0 Å². The number of nitrogens with zero attached hydrogens (tertiary/aromatic N) is 1. The van der Waals surface area contributed by atoms with Gasteiger partial charge in [0.05, 0.1) is 0 Å². The van der Waals surface area contributed by atoms with E-state index < -0.39 is 23.5 Å². The van der Waals surface area contributed by atoms with Crippen molar-refractivity contribution in [3.05, 3.63) is 89.5 Å². The van der Waals surface area contributed by atoms with Gasteiger partial charge >= 0.3 is 11.9 Å². The number of rotatable bonds is 5. The minimum absolute atomic E-state index is 0.00661. The summed E-state index contributed by atoms with van der Waals surface area (Å²) in [5.74, 6) is -1.59. The van der Waals surface area contributed by atoms with E-state index in [1.807, 2.05) is 60.4 Å². The Kier molecular flexibility index (Phi) is 5.62. The molecule has 6 heteroatoms. The number of aliphatic carboxylic acids is 1. The summed E-state index contributed by atoms with van der Waals surface area (Å²) in [4.78, 5) is 27.3. The molecule has 34 heavy (non-hydrogen) atoms. The lowest BCUT2D eigenvalue weighted by Crippen LogP contribution is -2.61. The zero-order valence-corrected chi connectivity index (χ0v) is 19.1. The van der Waals surface area contributed by atoms with Crippen LogP contribution in [0.2, 0.25) is 0 Å². The number of esters is 1. The summed E-state index contributed by atoms with van der Waals surface area (Å²) < 4.78 is 5.91. The van der Waals surface area contributed by atoms with Gasteiger partial charge in [0.2, 0.25) is 0 Å². The Hall–Kier alpha value is -3.64. The first-order valence-electron chi connectivity index (χ1n) is 11.6. The highest BCUT2D eigenvalue weighted by atomic mass is 16.5. The molecule has 5 rings (SSSR count). The van der Waals surface area contributed by atoms with E-state index in [0.29, 0.717) is 6.54 Å². The Morgan fingerprint density at radius 1 is 1.00 bits per heavy atom. The van der Waals surface area contributed by atoms with Crippen molar-refractivity contribution in [2.75, 3.05) is 18.1 Å². The first-order valence-corrected chi connectivity index (χ1v) is 11.6. The minimum atomic E-state index is -1.46. The fourth-order valence-corrected chi connectivity index (χ4v) is 5.31. The number of ether oxygens (including phenoxy) is 1. The van der Waals surface area contributed by atoms with Crippen molar-refractivity contribution >= 4 is 17.6 Å². The van der Waals surface area contributed by atoms with Crippen LogP contribution >= 0.6 is 0 Å². The van der Waals surface area contributed by atoms with Gasteiger partial charge in [-0.15, -0.1) is 0 Å². The van der Waals surface area contributed by atoms with Gasteiger partial charge in [-0.25, -0.2) is 4.79 Å². The number of nitrogens with two attached hydrogens (primary N) is 1. The Morgan fingerprint density at radius 3 is 2.21 bits per heavy atom. The fraction of sp³-hybridized carbons (Fsp3) is 0.286. The van der Waals surface area contributed by atoms with Crippen LogP contribution in [0.25, 0.3) is 11.1 Å². The summed E-state index contributed by atoms with van der Waals surface area (Å²) in [5, 5.41) is 9.73. The van der Waals surface area contributed by atoms with Crippen LogP contribution in [0, 0.1) is 6.92 Å². The van der Waals surface area contributed by atoms with Gasteiger partial charge in [0.25, 0.3) is 0 Å². The topological polar surface area (TPSA) is 92.9 Å². The monoisotopic (exact) mass is 456 g/mol. The second kappa shape index (κ2) is 8.61. The molecule has 0 aromatic heterocycles. The second-order valence-corrected chi connectivity index (χ2v) is 9.27. The molecular weight excluding hydrogens is 428 g/mol. The summed E-state index contributed by atoms with van der Waals surface area (Å²) in [6, 6.07) is 23.3. The van der Waals surface area contributed by atoms with Crippen LogP contribution in [0.4, 0.5) is 5.69 Å². The molecule has 2 atom stereocenters. The number of aryl methyl sites for hydroxylation is 1. The van der Waals surface area contributed by atoms with Gasteiger partial charge in [-0.05, 0) is 47.2 Å². The molecule has 1 aliphatic carbocycles. The number of carboxylic acid groups (broad SMARTS) is 1. The molecule has 3 aromatic rings. The molecule has 3 N–H and O–H groups in total. The number of benzene rings is 3. The number of hydrogen-bond acceptors (Lipinski definition) is 5. The molecule has 2 unspecified atom stereocenters. The lowest BCUT2D eigenvalue weighted by molar-refractivity contribution is -0.149.